The van der Waals surface area contributed by atoms with Crippen molar-refractivity contribution in [2.45, 2.75) is 129 Å². The minimum Gasteiger partial charge on any atom is -0.493 e. The highest BCUT2D eigenvalue weighted by atomic mass is 35.7. The van der Waals surface area contributed by atoms with Crippen LogP contribution in [0.1, 0.15) is 108 Å². The number of aromatic amines is 1. The van der Waals surface area contributed by atoms with Gasteiger partial charge in [-0.1, -0.05) is 52.2 Å². The van der Waals surface area contributed by atoms with Gasteiger partial charge in [0.15, 0.2) is 23.0 Å². The number of benzene rings is 4. The van der Waals surface area contributed by atoms with Gasteiger partial charge in [-0.15, -0.1) is 0 Å². The molecule has 12 aromatic rings. The van der Waals surface area contributed by atoms with Crippen LogP contribution in [0.2, 0.25) is 0 Å². The van der Waals surface area contributed by atoms with Gasteiger partial charge in [0.25, 0.3) is 14.6 Å². The number of hydrogen-bond acceptors (Lipinski definition) is 24. The van der Waals surface area contributed by atoms with E-state index in [0.717, 1.165) is 116 Å². The predicted octanol–water partition coefficient (Wildman–Crippen LogP) is 10.9. The van der Waals surface area contributed by atoms with E-state index >= 15 is 0 Å². The minimum absolute atomic E-state index is 0.0241. The standard InChI is InChI=1S/C23H32N6O3S.C22H30N6O4S.C18H21ClN4O3S.C16H18N4O/c1-6-8-19-21-22(28(5)26-19)16(3)24-23(25-21)18-15-17(9-10-20(18)32-7-2)33(30,31)29-13-11-27(4)12-14-29;1-5-7-17-19-20(27(4)25-17)22(29)24-21(23-19)16-14-15(8-9-18(16)32-6-2)33(30,31)28-12-10-26(3)11-13-28;1-5-7-14-16-17(23(4)22-14)11(3)20-18(21-16)13-10-12(27(19,24)25)8-9-15(13)26-6-2;1-5-21-13-9-7-6-8-12(13)16-17-11(3)15-14(18-16)10(2)19-20(15)4/h9-10,15H,6-8,11-14H2,1-5H3;8-9,14H,5-7,10-13H2,1-4H3,(H,23,24,29);8-10H,5-7H2,1-4H3;6-9H,5H2,1-4H3. The third-order valence-electron chi connectivity index (χ3n) is 19.5. The second-order valence-corrected chi connectivity index (χ2v) is 34.3. The fraction of sp³-hybridized carbons (Fsp3) is 0.443. The van der Waals surface area contributed by atoms with Crippen LogP contribution in [0.4, 0.5) is 0 Å². The summed E-state index contributed by atoms with van der Waals surface area (Å²) in [5.74, 6) is 4.10. The van der Waals surface area contributed by atoms with Gasteiger partial charge in [-0.05, 0) is 155 Å². The van der Waals surface area contributed by atoms with Crippen LogP contribution in [0.5, 0.6) is 23.0 Å². The van der Waals surface area contributed by atoms with E-state index < -0.39 is 29.1 Å². The van der Waals surface area contributed by atoms with Crippen LogP contribution in [-0.4, -0.2) is 216 Å². The number of fused-ring (bicyclic) bond motifs is 4. The van der Waals surface area contributed by atoms with Crippen LogP contribution in [-0.2, 0) is 76.6 Å². The van der Waals surface area contributed by atoms with E-state index in [1.807, 2.05) is 131 Å². The van der Waals surface area contributed by atoms with Gasteiger partial charge < -0.3 is 33.7 Å². The average Bonchev–Trinajstić information content (AvgIpc) is 1.74. The van der Waals surface area contributed by atoms with E-state index in [9.17, 15) is 30.0 Å². The number of aromatic nitrogens is 16. The molecule has 31 nitrogen and oxygen atoms in total. The number of nitrogens with one attached hydrogen (secondary N) is 1. The first-order valence-corrected chi connectivity index (χ1v) is 43.5. The number of ether oxygens (including phenoxy) is 4. The number of aryl methyl sites for hydroxylation is 11. The number of likely N-dealkylation sites (N-methyl/N-ethyl adjacent to an activating group) is 2. The second-order valence-electron chi connectivity index (χ2n) is 27.8. The molecular weight excluding hydrogens is 1540 g/mol. The molecule has 2 aliphatic rings. The Kier molecular flexibility index (Phi) is 27.0. The quantitative estimate of drug-likeness (QED) is 0.0581. The molecule has 0 bridgehead atoms. The molecule has 8 aromatic heterocycles. The molecule has 0 unspecified atom stereocenters. The highest BCUT2D eigenvalue weighted by molar-refractivity contribution is 8.13. The zero-order chi connectivity index (χ0) is 82.3. The Morgan fingerprint density at radius 3 is 1.15 bits per heavy atom. The van der Waals surface area contributed by atoms with Gasteiger partial charge in [-0.25, -0.2) is 60.1 Å². The van der Waals surface area contributed by atoms with Crippen LogP contribution in [0.3, 0.4) is 0 Å². The maximum atomic E-state index is 13.4. The van der Waals surface area contributed by atoms with Crippen molar-refractivity contribution in [2.75, 3.05) is 92.9 Å². The first-order valence-electron chi connectivity index (χ1n) is 38.3. The topological polar surface area (TPSA) is 347 Å². The van der Waals surface area contributed by atoms with Crippen molar-refractivity contribution in [3.05, 3.63) is 129 Å². The fourth-order valence-corrected chi connectivity index (χ4v) is 17.7. The van der Waals surface area contributed by atoms with Crippen molar-refractivity contribution in [3.8, 4) is 68.5 Å². The third-order valence-corrected chi connectivity index (χ3v) is 24.6. The number of sulfonamides is 2. The number of halogens is 1. The van der Waals surface area contributed by atoms with Gasteiger partial charge in [-0.2, -0.15) is 29.0 Å². The minimum atomic E-state index is -3.89. The normalized spacial score (nSPS) is 14.1. The zero-order valence-electron chi connectivity index (χ0n) is 67.8. The molecule has 2 fully saturated rings. The molecule has 0 amide bonds. The molecule has 0 atom stereocenters. The van der Waals surface area contributed by atoms with Crippen molar-refractivity contribution < 1.29 is 44.2 Å². The summed E-state index contributed by atoms with van der Waals surface area (Å²) in [5.41, 5.74) is 14.1. The summed E-state index contributed by atoms with van der Waals surface area (Å²) in [6, 6.07) is 22.0. The molecule has 1 N–H and O–H groups in total. The average molecular weight is 1640 g/mol. The number of H-pyrrole nitrogens is 1. The maximum absolute atomic E-state index is 13.4. The smallest absolute Gasteiger partial charge is 0.277 e. The molecule has 0 spiro atoms. The number of hydrogen-bond donors (Lipinski definition) is 1. The second kappa shape index (κ2) is 36.3. The van der Waals surface area contributed by atoms with Crippen LogP contribution in [0.15, 0.2) is 98.3 Å². The Bertz CT molecular complexity index is 5930. The molecule has 2 aliphatic heterocycles. The third kappa shape index (κ3) is 18.2. The molecule has 10 heterocycles. The van der Waals surface area contributed by atoms with Crippen LogP contribution >= 0.6 is 10.7 Å². The van der Waals surface area contributed by atoms with E-state index in [1.165, 1.54) is 21.1 Å². The maximum Gasteiger partial charge on any atom is 0.277 e. The Labute approximate surface area is 669 Å². The van der Waals surface area contributed by atoms with E-state index in [-0.39, 0.29) is 26.1 Å². The molecule has 0 saturated carbocycles. The van der Waals surface area contributed by atoms with Crippen molar-refractivity contribution >= 4 is 83.9 Å². The van der Waals surface area contributed by atoms with Crippen molar-refractivity contribution in [1.29, 1.82) is 0 Å². The van der Waals surface area contributed by atoms with E-state index in [2.05, 4.69) is 59.0 Å². The molecule has 4 aromatic carbocycles. The Balaban J connectivity index is 0.000000152. The molecule has 608 valence electrons. The molecule has 0 aliphatic carbocycles. The summed E-state index contributed by atoms with van der Waals surface area (Å²) in [6.07, 6.45) is 5.04. The Morgan fingerprint density at radius 2 is 0.728 bits per heavy atom. The monoisotopic (exact) mass is 1640 g/mol. The van der Waals surface area contributed by atoms with Crippen LogP contribution in [0.25, 0.3) is 89.7 Å². The highest BCUT2D eigenvalue weighted by Crippen LogP contribution is 2.38. The number of piperazine rings is 2. The lowest BCUT2D eigenvalue weighted by Gasteiger charge is -2.31. The number of para-hydroxylation sites is 1. The molecular formula is C79H101ClN20O11S3. The lowest BCUT2D eigenvalue weighted by molar-refractivity contribution is 0.222. The van der Waals surface area contributed by atoms with Gasteiger partial charge >= 0.3 is 0 Å². The summed E-state index contributed by atoms with van der Waals surface area (Å²) in [5, 5.41) is 18.1. The van der Waals surface area contributed by atoms with E-state index in [4.69, 9.17) is 54.5 Å². The van der Waals surface area contributed by atoms with Gasteiger partial charge in [0.1, 0.15) is 67.4 Å². The molecule has 14 rings (SSSR count). The van der Waals surface area contributed by atoms with Gasteiger partial charge in [0.05, 0.1) is 103 Å². The Morgan fingerprint density at radius 1 is 0.386 bits per heavy atom. The van der Waals surface area contributed by atoms with Crippen LogP contribution < -0.4 is 24.5 Å². The lowest BCUT2D eigenvalue weighted by Crippen LogP contribution is -2.47. The van der Waals surface area contributed by atoms with Gasteiger partial charge in [-0.3, -0.25) is 23.5 Å². The summed E-state index contributed by atoms with van der Waals surface area (Å²) in [6.45, 7) is 28.0. The lowest BCUT2D eigenvalue weighted by atomic mass is 10.1. The van der Waals surface area contributed by atoms with Gasteiger partial charge in [0.2, 0.25) is 20.0 Å². The van der Waals surface area contributed by atoms with Crippen molar-refractivity contribution in [1.82, 2.24) is 97.4 Å². The highest BCUT2D eigenvalue weighted by Gasteiger charge is 2.32. The molecule has 0 radical (unpaired) electrons. The van der Waals surface area contributed by atoms with Crippen molar-refractivity contribution in [2.24, 2.45) is 28.2 Å². The van der Waals surface area contributed by atoms with E-state index in [0.29, 0.717) is 148 Å². The zero-order valence-corrected chi connectivity index (χ0v) is 71.0. The summed E-state index contributed by atoms with van der Waals surface area (Å²) < 4.78 is 110. The SMILES string of the molecule is CCCc1nn(C)c2c(=O)[nH]c(-c3cc(S(=O)(=O)N4CCN(C)CC4)ccc3OCC)nc12.CCCc1nn(C)c2c(C)nc(-c3cc(S(=O)(=O)Cl)ccc3OCC)nc12.CCCc1nn(C)c2c(C)nc(-c3cc(S(=O)(=O)N4CCN(C)CC4)ccc3OCC)nc12.CCOc1ccccc1-c1nc(C)c2c(n1)c(C)nn2C. The molecule has 2 saturated heterocycles. The number of rotatable bonds is 23. The summed E-state index contributed by atoms with van der Waals surface area (Å²) >= 11 is 0. The molecule has 35 heteroatoms. The van der Waals surface area contributed by atoms with Crippen LogP contribution in [0, 0.1) is 27.7 Å². The summed E-state index contributed by atoms with van der Waals surface area (Å²) in [4.78, 5) is 53.2. The van der Waals surface area contributed by atoms with Crippen molar-refractivity contribution in [3.63, 3.8) is 0 Å². The molecule has 114 heavy (non-hydrogen) atoms. The number of nitrogens with zero attached hydrogens (tertiary/aromatic N) is 19. The first-order chi connectivity index (χ1) is 54.4. The summed E-state index contributed by atoms with van der Waals surface area (Å²) in [7, 11) is 5.67. The van der Waals surface area contributed by atoms with E-state index in [1.54, 1.807) is 58.5 Å². The predicted molar refractivity (Wildman–Crippen MR) is 441 cm³/mol. The largest absolute Gasteiger partial charge is 0.493 e. The fourth-order valence-electron chi connectivity index (χ4n) is 14.0. The van der Waals surface area contributed by atoms with Gasteiger partial charge in [0, 0.05) is 91.2 Å². The first kappa shape index (κ1) is 85.0. The Hall–Kier alpha value is -9.94.